The lowest BCUT2D eigenvalue weighted by molar-refractivity contribution is 0.539. The summed E-state index contributed by atoms with van der Waals surface area (Å²) in [5.41, 5.74) is 3.76. The Labute approximate surface area is 91.6 Å². The van der Waals surface area contributed by atoms with E-state index in [9.17, 15) is 0 Å². The van der Waals surface area contributed by atoms with Gasteiger partial charge in [-0.15, -0.1) is 0 Å². The molecule has 0 aliphatic carbocycles. The normalized spacial score (nSPS) is 12.9. The number of halogens is 2. The number of hydrogen-bond donors (Lipinski definition) is 2. The highest BCUT2D eigenvalue weighted by atomic mass is 79.9. The van der Waals surface area contributed by atoms with E-state index >= 15 is 0 Å². The summed E-state index contributed by atoms with van der Waals surface area (Å²) in [4.78, 5) is 0. The summed E-state index contributed by atoms with van der Waals surface area (Å²) in [6.07, 6.45) is 0.909. The van der Waals surface area contributed by atoms with Crippen LogP contribution in [-0.4, -0.2) is 0 Å². The molecule has 2 nitrogen and oxygen atoms in total. The monoisotopic (exact) mass is 262 g/mol. The van der Waals surface area contributed by atoms with Crippen molar-refractivity contribution < 1.29 is 0 Å². The molecule has 0 bridgehead atoms. The predicted octanol–water partition coefficient (Wildman–Crippen LogP) is 3.02. The van der Waals surface area contributed by atoms with E-state index in [1.807, 2.05) is 18.2 Å². The molecule has 0 amide bonds. The Balaban J connectivity index is 3.03. The third-order valence-electron chi connectivity index (χ3n) is 1.94. The molecule has 3 N–H and O–H groups in total. The van der Waals surface area contributed by atoms with Crippen LogP contribution in [0.2, 0.25) is 5.02 Å². The first kappa shape index (κ1) is 11.0. The van der Waals surface area contributed by atoms with Crippen molar-refractivity contribution in [1.29, 1.82) is 0 Å². The number of rotatable bonds is 3. The molecule has 1 aromatic rings. The standard InChI is InChI=1S/C9H12BrClN2/c1-2-9(13-12)7-5-6(10)3-4-8(7)11/h3-5,9,13H,2,12H2,1H3. The maximum Gasteiger partial charge on any atom is 0.0472 e. The number of nitrogens with one attached hydrogen (secondary N) is 1. The van der Waals surface area contributed by atoms with Gasteiger partial charge < -0.3 is 0 Å². The fourth-order valence-electron chi connectivity index (χ4n) is 1.21. The van der Waals surface area contributed by atoms with Gasteiger partial charge in [-0.3, -0.25) is 11.3 Å². The van der Waals surface area contributed by atoms with Crippen LogP contribution in [0.3, 0.4) is 0 Å². The van der Waals surface area contributed by atoms with E-state index in [-0.39, 0.29) is 6.04 Å². The van der Waals surface area contributed by atoms with Crippen molar-refractivity contribution in [2.75, 3.05) is 0 Å². The number of nitrogens with two attached hydrogens (primary N) is 1. The van der Waals surface area contributed by atoms with Crippen LogP contribution in [0, 0.1) is 0 Å². The Morgan fingerprint density at radius 3 is 2.85 bits per heavy atom. The van der Waals surface area contributed by atoms with Crippen molar-refractivity contribution in [3.05, 3.63) is 33.3 Å². The van der Waals surface area contributed by atoms with Gasteiger partial charge in [0, 0.05) is 15.5 Å². The molecule has 0 saturated heterocycles. The third kappa shape index (κ3) is 2.68. The van der Waals surface area contributed by atoms with Crippen molar-refractivity contribution in [2.24, 2.45) is 5.84 Å². The Bertz CT molecular complexity index is 287. The topological polar surface area (TPSA) is 38.0 Å². The van der Waals surface area contributed by atoms with Crippen LogP contribution >= 0.6 is 27.5 Å². The zero-order chi connectivity index (χ0) is 9.84. The highest BCUT2D eigenvalue weighted by molar-refractivity contribution is 9.10. The molecular formula is C9H12BrClN2. The Morgan fingerprint density at radius 1 is 1.62 bits per heavy atom. The molecule has 1 aromatic carbocycles. The van der Waals surface area contributed by atoms with E-state index in [0.717, 1.165) is 21.5 Å². The van der Waals surface area contributed by atoms with Crippen molar-refractivity contribution in [1.82, 2.24) is 5.43 Å². The molecule has 0 aromatic heterocycles. The van der Waals surface area contributed by atoms with Crippen LogP contribution in [0.1, 0.15) is 24.9 Å². The largest absolute Gasteiger partial charge is 0.271 e. The minimum absolute atomic E-state index is 0.116. The van der Waals surface area contributed by atoms with Gasteiger partial charge in [-0.05, 0) is 30.2 Å². The molecule has 0 radical (unpaired) electrons. The minimum Gasteiger partial charge on any atom is -0.271 e. The predicted molar refractivity (Wildman–Crippen MR) is 59.5 cm³/mol. The first-order valence-corrected chi connectivity index (χ1v) is 5.27. The van der Waals surface area contributed by atoms with Gasteiger partial charge in [0.2, 0.25) is 0 Å². The van der Waals surface area contributed by atoms with Gasteiger partial charge in [-0.25, -0.2) is 0 Å². The summed E-state index contributed by atoms with van der Waals surface area (Å²) in [7, 11) is 0. The van der Waals surface area contributed by atoms with E-state index in [0.29, 0.717) is 0 Å². The van der Waals surface area contributed by atoms with Gasteiger partial charge in [0.25, 0.3) is 0 Å². The highest BCUT2D eigenvalue weighted by Gasteiger charge is 2.10. The molecule has 1 rings (SSSR count). The molecule has 0 aliphatic heterocycles. The Kier molecular flexibility index (Phi) is 4.19. The van der Waals surface area contributed by atoms with E-state index in [4.69, 9.17) is 17.4 Å². The van der Waals surface area contributed by atoms with Crippen LogP contribution in [0.5, 0.6) is 0 Å². The van der Waals surface area contributed by atoms with Gasteiger partial charge in [0.05, 0.1) is 0 Å². The number of benzene rings is 1. The van der Waals surface area contributed by atoms with Crippen LogP contribution < -0.4 is 11.3 Å². The summed E-state index contributed by atoms with van der Waals surface area (Å²) in [5.74, 6) is 5.41. The van der Waals surface area contributed by atoms with Crippen LogP contribution in [0.25, 0.3) is 0 Å². The number of hydrogen-bond acceptors (Lipinski definition) is 2. The van der Waals surface area contributed by atoms with Gasteiger partial charge in [-0.2, -0.15) is 0 Å². The second-order valence-corrected chi connectivity index (χ2v) is 4.12. The summed E-state index contributed by atoms with van der Waals surface area (Å²) in [6.45, 7) is 2.06. The molecule has 0 fully saturated rings. The fourth-order valence-corrected chi connectivity index (χ4v) is 1.84. The van der Waals surface area contributed by atoms with Gasteiger partial charge >= 0.3 is 0 Å². The lowest BCUT2D eigenvalue weighted by atomic mass is 10.1. The van der Waals surface area contributed by atoms with Crippen molar-refractivity contribution >= 4 is 27.5 Å². The molecule has 4 heteroatoms. The SMILES string of the molecule is CCC(NN)c1cc(Br)ccc1Cl. The molecular weight excluding hydrogens is 251 g/mol. The number of hydrazine groups is 1. The molecule has 0 saturated carbocycles. The first-order valence-electron chi connectivity index (χ1n) is 4.10. The fraction of sp³-hybridized carbons (Fsp3) is 0.333. The second kappa shape index (κ2) is 4.96. The quantitative estimate of drug-likeness (QED) is 0.650. The first-order chi connectivity index (χ1) is 6.19. The van der Waals surface area contributed by atoms with E-state index in [1.54, 1.807) is 0 Å². The molecule has 0 aliphatic rings. The average Bonchev–Trinajstić information content (AvgIpc) is 2.13. The zero-order valence-electron chi connectivity index (χ0n) is 7.35. The second-order valence-electron chi connectivity index (χ2n) is 2.79. The highest BCUT2D eigenvalue weighted by Crippen LogP contribution is 2.27. The van der Waals surface area contributed by atoms with E-state index in [1.165, 1.54) is 0 Å². The van der Waals surface area contributed by atoms with E-state index in [2.05, 4.69) is 28.3 Å². The van der Waals surface area contributed by atoms with E-state index < -0.39 is 0 Å². The molecule has 1 atom stereocenters. The summed E-state index contributed by atoms with van der Waals surface area (Å²) in [5, 5.41) is 0.744. The van der Waals surface area contributed by atoms with Crippen LogP contribution in [0.15, 0.2) is 22.7 Å². The summed E-state index contributed by atoms with van der Waals surface area (Å²) >= 11 is 9.43. The lowest BCUT2D eigenvalue weighted by Gasteiger charge is -2.15. The molecule has 0 heterocycles. The summed E-state index contributed by atoms with van der Waals surface area (Å²) < 4.78 is 1.01. The average molecular weight is 264 g/mol. The Morgan fingerprint density at radius 2 is 2.31 bits per heavy atom. The molecule has 13 heavy (non-hydrogen) atoms. The minimum atomic E-state index is 0.116. The third-order valence-corrected chi connectivity index (χ3v) is 2.78. The molecule has 1 unspecified atom stereocenters. The van der Waals surface area contributed by atoms with Crippen molar-refractivity contribution in [3.63, 3.8) is 0 Å². The molecule has 72 valence electrons. The lowest BCUT2D eigenvalue weighted by Crippen LogP contribution is -2.27. The summed E-state index contributed by atoms with van der Waals surface area (Å²) in [6, 6.07) is 5.87. The smallest absolute Gasteiger partial charge is 0.0472 e. The van der Waals surface area contributed by atoms with Crippen molar-refractivity contribution in [3.8, 4) is 0 Å². The van der Waals surface area contributed by atoms with Crippen LogP contribution in [0.4, 0.5) is 0 Å². The Hall–Kier alpha value is -0.0900. The molecule has 0 spiro atoms. The van der Waals surface area contributed by atoms with Crippen LogP contribution in [-0.2, 0) is 0 Å². The van der Waals surface area contributed by atoms with Gasteiger partial charge in [-0.1, -0.05) is 34.5 Å². The van der Waals surface area contributed by atoms with Gasteiger partial charge in [0.1, 0.15) is 0 Å². The maximum atomic E-state index is 6.03. The zero-order valence-corrected chi connectivity index (χ0v) is 9.69. The van der Waals surface area contributed by atoms with Crippen molar-refractivity contribution in [2.45, 2.75) is 19.4 Å². The van der Waals surface area contributed by atoms with Gasteiger partial charge in [0.15, 0.2) is 0 Å². The maximum absolute atomic E-state index is 6.03.